The molecule has 1 unspecified atom stereocenters. The van der Waals surface area contributed by atoms with E-state index in [9.17, 15) is 0 Å². The van der Waals surface area contributed by atoms with Crippen LogP contribution in [0.15, 0.2) is 215 Å². The van der Waals surface area contributed by atoms with E-state index < -0.39 is 0 Å². The van der Waals surface area contributed by atoms with Crippen molar-refractivity contribution in [3.8, 4) is 33.9 Å². The van der Waals surface area contributed by atoms with E-state index in [1.54, 1.807) is 0 Å². The average molecular weight is 785 g/mol. The van der Waals surface area contributed by atoms with E-state index in [1.807, 2.05) is 18.2 Å². The summed E-state index contributed by atoms with van der Waals surface area (Å²) in [5.41, 5.74) is 17.8. The normalized spacial score (nSPS) is 14.9. The van der Waals surface area contributed by atoms with Crippen LogP contribution in [0.25, 0.3) is 55.4 Å². The lowest BCUT2D eigenvalue weighted by Gasteiger charge is -2.33. The van der Waals surface area contributed by atoms with E-state index in [-0.39, 0.29) is 11.5 Å². The molecule has 1 atom stereocenters. The Balaban J connectivity index is 0.975. The lowest BCUT2D eigenvalue weighted by molar-refractivity contribution is 0.478. The minimum Gasteiger partial charge on any atom is -0.258 e. The van der Waals surface area contributed by atoms with Gasteiger partial charge in [-0.3, -0.25) is 4.99 Å². The van der Waals surface area contributed by atoms with Crippen molar-refractivity contribution >= 4 is 33.1 Å². The van der Waals surface area contributed by atoms with Crippen LogP contribution in [0.3, 0.4) is 0 Å². The molecule has 1 aromatic heterocycles. The molecule has 4 heteroatoms. The molecular formula is C57H44N4. The van der Waals surface area contributed by atoms with Crippen molar-refractivity contribution in [1.82, 2.24) is 9.97 Å². The Bertz CT molecular complexity index is 3130. The van der Waals surface area contributed by atoms with Crippen molar-refractivity contribution < 1.29 is 0 Å². The predicted molar refractivity (Wildman–Crippen MR) is 253 cm³/mol. The lowest BCUT2D eigenvalue weighted by atomic mass is 9.70. The number of benzene rings is 7. The molecule has 0 amide bonds. The molecule has 0 N–H and O–H groups in total. The van der Waals surface area contributed by atoms with Crippen LogP contribution in [0, 0.1) is 0 Å². The Hall–Kier alpha value is -7.48. The SMILES string of the molecule is CCC(CC)(c1ccc(C2=NC(c3ccc4ccccc4c3)=NC(C3=CC=C=C=C3)C2)cc1)c1ccc(-c2cc(-c3ccccc3)nc(-c3ccc4ccccc4c3)n2)cc1. The van der Waals surface area contributed by atoms with Gasteiger partial charge in [-0.25, -0.2) is 15.0 Å². The van der Waals surface area contributed by atoms with E-state index >= 15 is 0 Å². The molecule has 8 aromatic rings. The third-order valence-electron chi connectivity index (χ3n) is 12.5. The van der Waals surface area contributed by atoms with E-state index in [2.05, 4.69) is 195 Å². The quantitative estimate of drug-likeness (QED) is 0.130. The summed E-state index contributed by atoms with van der Waals surface area (Å²) >= 11 is 0. The van der Waals surface area contributed by atoms with Gasteiger partial charge in [0.25, 0.3) is 0 Å². The third-order valence-corrected chi connectivity index (χ3v) is 12.5. The van der Waals surface area contributed by atoms with Crippen molar-refractivity contribution in [3.63, 3.8) is 0 Å². The first-order chi connectivity index (χ1) is 30.1. The van der Waals surface area contributed by atoms with Crippen LogP contribution in [0.2, 0.25) is 0 Å². The van der Waals surface area contributed by atoms with Crippen LogP contribution in [-0.2, 0) is 5.41 Å². The minimum absolute atomic E-state index is 0.0642. The molecule has 7 aromatic carbocycles. The van der Waals surface area contributed by atoms with Gasteiger partial charge in [-0.15, -0.1) is 0 Å². The average Bonchev–Trinajstić information content (AvgIpc) is 3.35. The summed E-state index contributed by atoms with van der Waals surface area (Å²) in [6.45, 7) is 4.60. The summed E-state index contributed by atoms with van der Waals surface area (Å²) in [5.74, 6) is 1.47. The fraction of sp³-hybridized carbons (Fsp3) is 0.123. The van der Waals surface area contributed by atoms with Crippen LogP contribution >= 0.6 is 0 Å². The van der Waals surface area contributed by atoms with Crippen LogP contribution in [0.1, 0.15) is 55.4 Å². The largest absolute Gasteiger partial charge is 0.258 e. The number of aromatic nitrogens is 2. The van der Waals surface area contributed by atoms with Crippen LogP contribution < -0.4 is 0 Å². The zero-order valence-electron chi connectivity index (χ0n) is 34.4. The van der Waals surface area contributed by atoms with Gasteiger partial charge in [0.2, 0.25) is 0 Å². The summed E-state index contributed by atoms with van der Waals surface area (Å²) in [6.07, 6.45) is 8.64. The fourth-order valence-corrected chi connectivity index (χ4v) is 8.97. The van der Waals surface area contributed by atoms with Crippen LogP contribution in [0.5, 0.6) is 0 Å². The molecule has 0 saturated carbocycles. The molecule has 292 valence electrons. The van der Waals surface area contributed by atoms with Gasteiger partial charge in [0.15, 0.2) is 11.7 Å². The molecule has 2 aliphatic rings. The van der Waals surface area contributed by atoms with Crippen molar-refractivity contribution in [2.24, 2.45) is 9.98 Å². The molecule has 0 saturated heterocycles. The molecule has 61 heavy (non-hydrogen) atoms. The summed E-state index contributed by atoms with van der Waals surface area (Å²) in [4.78, 5) is 20.7. The number of nitrogens with zero attached hydrogens (tertiary/aromatic N) is 4. The monoisotopic (exact) mass is 784 g/mol. The highest BCUT2D eigenvalue weighted by Crippen LogP contribution is 2.40. The first-order valence-electron chi connectivity index (χ1n) is 21.2. The highest BCUT2D eigenvalue weighted by molar-refractivity contribution is 6.15. The standard InChI is InChI=1S/C57H44N4/c1-3-57(4-2,49-31-27-43(28-32-49)53-37-51(41-17-7-5-8-18-41)58-55(60-53)47-25-23-39-15-11-13-21-45(39)35-47)50-33-29-44(30-34-50)54-38-52(42-19-9-6-10-20-42)59-56(61-54)48-26-24-40-16-12-14-22-46(40)36-48/h5,7-9,11-37,52H,3-4,38H2,1-2H3. The summed E-state index contributed by atoms with van der Waals surface area (Å²) in [7, 11) is 0. The van der Waals surface area contributed by atoms with Gasteiger partial charge in [-0.2, -0.15) is 0 Å². The van der Waals surface area contributed by atoms with E-state index in [0.717, 1.165) is 69.2 Å². The van der Waals surface area contributed by atoms with Gasteiger partial charge < -0.3 is 0 Å². The highest BCUT2D eigenvalue weighted by Gasteiger charge is 2.31. The number of rotatable bonds is 10. The fourth-order valence-electron chi connectivity index (χ4n) is 8.97. The molecule has 10 rings (SSSR count). The van der Waals surface area contributed by atoms with Gasteiger partial charge >= 0.3 is 0 Å². The second kappa shape index (κ2) is 16.3. The second-order valence-corrected chi connectivity index (χ2v) is 15.9. The molecule has 1 aliphatic carbocycles. The number of aliphatic imine (C=N–C) groups is 2. The predicted octanol–water partition coefficient (Wildman–Crippen LogP) is 13.7. The highest BCUT2D eigenvalue weighted by atomic mass is 15.0. The number of amidine groups is 1. The molecule has 1 aliphatic heterocycles. The Morgan fingerprint density at radius 3 is 1.67 bits per heavy atom. The zero-order chi connectivity index (χ0) is 41.2. The van der Waals surface area contributed by atoms with Gasteiger partial charge in [0.1, 0.15) is 0 Å². The van der Waals surface area contributed by atoms with Gasteiger partial charge in [-0.05, 0) is 93.1 Å². The van der Waals surface area contributed by atoms with Crippen molar-refractivity contribution in [2.45, 2.75) is 44.6 Å². The molecule has 4 nitrogen and oxygen atoms in total. The van der Waals surface area contributed by atoms with E-state index in [0.29, 0.717) is 12.2 Å². The van der Waals surface area contributed by atoms with Gasteiger partial charge in [-0.1, -0.05) is 177 Å². The second-order valence-electron chi connectivity index (χ2n) is 15.9. The molecule has 0 bridgehead atoms. The Labute approximate surface area is 357 Å². The van der Waals surface area contributed by atoms with Gasteiger partial charge in [0, 0.05) is 34.1 Å². The molecule has 2 heterocycles. The van der Waals surface area contributed by atoms with E-state index in [1.165, 1.54) is 32.7 Å². The molecular weight excluding hydrogens is 741 g/mol. The maximum absolute atomic E-state index is 5.24. The Morgan fingerprint density at radius 1 is 0.525 bits per heavy atom. The summed E-state index contributed by atoms with van der Waals surface area (Å²) in [6, 6.07) is 60.4. The van der Waals surface area contributed by atoms with Crippen LogP contribution in [-0.4, -0.2) is 27.6 Å². The topological polar surface area (TPSA) is 50.5 Å². The van der Waals surface area contributed by atoms with Crippen molar-refractivity contribution in [1.29, 1.82) is 0 Å². The molecule has 0 spiro atoms. The number of hydrogen-bond donors (Lipinski definition) is 0. The zero-order valence-corrected chi connectivity index (χ0v) is 34.4. The maximum Gasteiger partial charge on any atom is 0.160 e. The summed E-state index contributed by atoms with van der Waals surface area (Å²) < 4.78 is 0. The number of fused-ring (bicyclic) bond motifs is 2. The van der Waals surface area contributed by atoms with Crippen LogP contribution in [0.4, 0.5) is 0 Å². The lowest BCUT2D eigenvalue weighted by Crippen LogP contribution is -2.26. The first kappa shape index (κ1) is 37.8. The molecule has 0 radical (unpaired) electrons. The van der Waals surface area contributed by atoms with Gasteiger partial charge in [0.05, 0.1) is 23.1 Å². The van der Waals surface area contributed by atoms with E-state index in [4.69, 9.17) is 20.0 Å². The maximum atomic E-state index is 5.24. The van der Waals surface area contributed by atoms with Crippen molar-refractivity contribution in [3.05, 3.63) is 227 Å². The Morgan fingerprint density at radius 2 is 1.07 bits per heavy atom. The number of hydrogen-bond acceptors (Lipinski definition) is 4. The van der Waals surface area contributed by atoms with Crippen molar-refractivity contribution in [2.75, 3.05) is 0 Å². The first-order valence-corrected chi connectivity index (χ1v) is 21.2. The smallest absolute Gasteiger partial charge is 0.160 e. The minimum atomic E-state index is -0.167. The number of allylic oxidation sites excluding steroid dienone is 2. The molecule has 0 fully saturated rings. The Kier molecular flexibility index (Phi) is 10.1. The summed E-state index contributed by atoms with van der Waals surface area (Å²) in [5, 5.41) is 4.75. The third kappa shape index (κ3) is 7.41.